The molecule has 0 aliphatic carbocycles. The summed E-state index contributed by atoms with van der Waals surface area (Å²) < 4.78 is 0. The summed E-state index contributed by atoms with van der Waals surface area (Å²) in [4.78, 5) is 6.78. The van der Waals surface area contributed by atoms with Gasteiger partial charge >= 0.3 is 0 Å². The van der Waals surface area contributed by atoms with Gasteiger partial charge in [0, 0.05) is 22.6 Å². The first-order valence-corrected chi connectivity index (χ1v) is 6.71. The van der Waals surface area contributed by atoms with E-state index in [1.54, 1.807) is 0 Å². The van der Waals surface area contributed by atoms with E-state index in [1.807, 2.05) is 25.7 Å². The van der Waals surface area contributed by atoms with Crippen LogP contribution < -0.4 is 5.32 Å². The third-order valence-electron chi connectivity index (χ3n) is 3.11. The Morgan fingerprint density at radius 3 is 2.67 bits per heavy atom. The summed E-state index contributed by atoms with van der Waals surface area (Å²) in [7, 11) is 1.83. The highest BCUT2D eigenvalue weighted by Crippen LogP contribution is 2.44. The van der Waals surface area contributed by atoms with Crippen LogP contribution in [0, 0.1) is 0 Å². The molecular weight excluding hydrogens is 240 g/mol. The van der Waals surface area contributed by atoms with Crippen molar-refractivity contribution in [3.63, 3.8) is 0 Å². The van der Waals surface area contributed by atoms with E-state index in [9.17, 15) is 0 Å². The van der Waals surface area contributed by atoms with E-state index in [0.29, 0.717) is 0 Å². The molecule has 0 fully saturated rings. The van der Waals surface area contributed by atoms with Crippen LogP contribution in [0.25, 0.3) is 0 Å². The van der Waals surface area contributed by atoms with Crippen LogP contribution in [0.5, 0.6) is 0 Å². The maximum Gasteiger partial charge on any atom is 0.0533 e. The summed E-state index contributed by atoms with van der Waals surface area (Å²) in [5.74, 6) is 0. The fraction of sp³-hybridized carbons (Fsp3) is 0.133. The van der Waals surface area contributed by atoms with Gasteiger partial charge in [-0.05, 0) is 36.8 Å². The van der Waals surface area contributed by atoms with E-state index in [-0.39, 0.29) is 0 Å². The standard InChI is InChI=1S/C15H14N2S/c1-10(16-2)11-7-8-15-13(9-11)17-12-5-3-4-6-14(12)18-15/h3-9,17H,1-2H3. The molecule has 1 N–H and O–H groups in total. The van der Waals surface area contributed by atoms with Gasteiger partial charge in [-0.25, -0.2) is 0 Å². The van der Waals surface area contributed by atoms with E-state index in [0.717, 1.165) is 5.71 Å². The summed E-state index contributed by atoms with van der Waals surface area (Å²) in [5, 5.41) is 3.48. The molecule has 18 heavy (non-hydrogen) atoms. The van der Waals surface area contributed by atoms with Crippen molar-refractivity contribution >= 4 is 28.8 Å². The van der Waals surface area contributed by atoms with E-state index in [1.165, 1.54) is 26.7 Å². The second-order valence-electron chi connectivity index (χ2n) is 4.24. The third-order valence-corrected chi connectivity index (χ3v) is 4.26. The molecule has 3 heteroatoms. The van der Waals surface area contributed by atoms with Gasteiger partial charge in [-0.15, -0.1) is 0 Å². The van der Waals surface area contributed by atoms with Gasteiger partial charge < -0.3 is 5.32 Å². The first-order valence-electron chi connectivity index (χ1n) is 5.89. The molecule has 0 aromatic heterocycles. The number of fused-ring (bicyclic) bond motifs is 2. The molecule has 1 heterocycles. The summed E-state index contributed by atoms with van der Waals surface area (Å²) >= 11 is 1.81. The van der Waals surface area contributed by atoms with E-state index >= 15 is 0 Å². The molecular formula is C15H14N2S. The fourth-order valence-corrected chi connectivity index (χ4v) is 2.96. The van der Waals surface area contributed by atoms with Crippen LogP contribution >= 0.6 is 11.8 Å². The molecule has 0 atom stereocenters. The van der Waals surface area contributed by atoms with Crippen molar-refractivity contribution in [3.8, 4) is 0 Å². The van der Waals surface area contributed by atoms with Gasteiger partial charge in [0.2, 0.25) is 0 Å². The molecule has 2 nitrogen and oxygen atoms in total. The SMILES string of the molecule is CN=C(C)c1ccc2c(c1)Nc1ccccc1S2. The lowest BCUT2D eigenvalue weighted by atomic mass is 10.1. The lowest BCUT2D eigenvalue weighted by Crippen LogP contribution is -2.02. The maximum atomic E-state index is 4.23. The van der Waals surface area contributed by atoms with Crippen molar-refractivity contribution in [3.05, 3.63) is 48.0 Å². The minimum Gasteiger partial charge on any atom is -0.354 e. The van der Waals surface area contributed by atoms with E-state index < -0.39 is 0 Å². The largest absolute Gasteiger partial charge is 0.354 e. The lowest BCUT2D eigenvalue weighted by molar-refractivity contribution is 1.30. The molecule has 2 aromatic rings. The number of hydrogen-bond donors (Lipinski definition) is 1. The highest BCUT2D eigenvalue weighted by molar-refractivity contribution is 7.99. The zero-order valence-electron chi connectivity index (χ0n) is 10.4. The average Bonchev–Trinajstić information content (AvgIpc) is 2.43. The molecule has 1 aliphatic heterocycles. The first-order chi connectivity index (χ1) is 8.78. The average molecular weight is 254 g/mol. The zero-order valence-corrected chi connectivity index (χ0v) is 11.2. The second-order valence-corrected chi connectivity index (χ2v) is 5.33. The van der Waals surface area contributed by atoms with Crippen LogP contribution in [0.15, 0.2) is 57.2 Å². The summed E-state index contributed by atoms with van der Waals surface area (Å²) in [6.45, 7) is 2.03. The molecule has 0 bridgehead atoms. The van der Waals surface area contributed by atoms with Crippen LogP contribution in [0.4, 0.5) is 11.4 Å². The highest BCUT2D eigenvalue weighted by Gasteiger charge is 2.15. The van der Waals surface area contributed by atoms with Gasteiger partial charge in [0.05, 0.1) is 11.4 Å². The Morgan fingerprint density at radius 2 is 1.83 bits per heavy atom. The molecule has 2 aromatic carbocycles. The molecule has 3 rings (SSSR count). The Morgan fingerprint density at radius 1 is 1.06 bits per heavy atom. The Labute approximate surface area is 111 Å². The fourth-order valence-electron chi connectivity index (χ4n) is 1.99. The van der Waals surface area contributed by atoms with Gasteiger partial charge in [-0.1, -0.05) is 30.0 Å². The summed E-state index contributed by atoms with van der Waals surface area (Å²) in [6, 6.07) is 14.8. The minimum atomic E-state index is 1.06. The molecule has 0 amide bonds. The predicted octanol–water partition coefficient (Wildman–Crippen LogP) is 4.33. The number of benzene rings is 2. The molecule has 1 aliphatic rings. The van der Waals surface area contributed by atoms with Crippen LogP contribution in [0.1, 0.15) is 12.5 Å². The number of hydrogen-bond acceptors (Lipinski definition) is 3. The zero-order chi connectivity index (χ0) is 12.5. The summed E-state index contributed by atoms with van der Waals surface area (Å²) in [5.41, 5.74) is 4.57. The maximum absolute atomic E-state index is 4.23. The Hall–Kier alpha value is -1.74. The van der Waals surface area contributed by atoms with Crippen molar-refractivity contribution in [2.24, 2.45) is 4.99 Å². The number of rotatable bonds is 1. The van der Waals surface area contributed by atoms with Gasteiger partial charge in [-0.2, -0.15) is 0 Å². The second kappa shape index (κ2) is 4.50. The van der Waals surface area contributed by atoms with Crippen LogP contribution in [0.3, 0.4) is 0 Å². The van der Waals surface area contributed by atoms with Crippen molar-refractivity contribution in [1.29, 1.82) is 0 Å². The van der Waals surface area contributed by atoms with Crippen molar-refractivity contribution in [1.82, 2.24) is 0 Å². The molecule has 0 saturated carbocycles. The van der Waals surface area contributed by atoms with E-state index in [2.05, 4.69) is 52.8 Å². The Bertz CT molecular complexity index is 632. The highest BCUT2D eigenvalue weighted by atomic mass is 32.2. The lowest BCUT2D eigenvalue weighted by Gasteiger charge is -2.21. The molecule has 90 valence electrons. The number of aliphatic imine (C=N–C) groups is 1. The Balaban J connectivity index is 2.03. The Kier molecular flexibility index (Phi) is 2.84. The van der Waals surface area contributed by atoms with Gasteiger partial charge in [0.1, 0.15) is 0 Å². The number of anilines is 2. The number of nitrogens with zero attached hydrogens (tertiary/aromatic N) is 1. The van der Waals surface area contributed by atoms with Crippen molar-refractivity contribution in [2.45, 2.75) is 16.7 Å². The van der Waals surface area contributed by atoms with Crippen molar-refractivity contribution < 1.29 is 0 Å². The van der Waals surface area contributed by atoms with E-state index in [4.69, 9.17) is 0 Å². The molecule has 0 radical (unpaired) electrons. The topological polar surface area (TPSA) is 24.4 Å². The van der Waals surface area contributed by atoms with Crippen LogP contribution in [-0.4, -0.2) is 12.8 Å². The van der Waals surface area contributed by atoms with Gasteiger partial charge in [-0.3, -0.25) is 4.99 Å². The first kappa shape index (κ1) is 11.4. The smallest absolute Gasteiger partial charge is 0.0533 e. The summed E-state index contributed by atoms with van der Waals surface area (Å²) in [6.07, 6.45) is 0. The van der Waals surface area contributed by atoms with Crippen molar-refractivity contribution in [2.75, 3.05) is 12.4 Å². The molecule has 0 saturated heterocycles. The van der Waals surface area contributed by atoms with Gasteiger partial charge in [0.15, 0.2) is 0 Å². The molecule has 0 spiro atoms. The predicted molar refractivity (Wildman–Crippen MR) is 78.4 cm³/mol. The quantitative estimate of drug-likeness (QED) is 0.653. The van der Waals surface area contributed by atoms with Crippen LogP contribution in [-0.2, 0) is 0 Å². The molecule has 0 unspecified atom stereocenters. The third kappa shape index (κ3) is 1.91. The van der Waals surface area contributed by atoms with Crippen LogP contribution in [0.2, 0.25) is 0 Å². The number of nitrogens with one attached hydrogen (secondary N) is 1. The number of para-hydroxylation sites is 1. The van der Waals surface area contributed by atoms with Gasteiger partial charge in [0.25, 0.3) is 0 Å². The normalized spacial score (nSPS) is 13.6. The monoisotopic (exact) mass is 254 g/mol. The minimum absolute atomic E-state index is 1.06.